The molecule has 0 aliphatic carbocycles. The van der Waals surface area contributed by atoms with Gasteiger partial charge in [-0.3, -0.25) is 4.68 Å². The van der Waals surface area contributed by atoms with Crippen LogP contribution < -0.4 is 0 Å². The lowest BCUT2D eigenvalue weighted by atomic mass is 10.2. The minimum atomic E-state index is -0.643. The van der Waals surface area contributed by atoms with Crippen molar-refractivity contribution >= 4 is 5.97 Å². The highest BCUT2D eigenvalue weighted by Gasteiger charge is 2.15. The monoisotopic (exact) mass is 184 g/mol. The van der Waals surface area contributed by atoms with Crippen LogP contribution in [0.2, 0.25) is 0 Å². The van der Waals surface area contributed by atoms with Crippen LogP contribution in [0.1, 0.15) is 29.2 Å². The smallest absolute Gasteiger partial charge is 0.358 e. The Balaban J connectivity index is 3.02. The highest BCUT2D eigenvalue weighted by molar-refractivity contribution is 5.87. The van der Waals surface area contributed by atoms with Crippen molar-refractivity contribution in [2.45, 2.75) is 13.0 Å². The number of carbonyl (C=O) groups excluding carboxylic acids is 1. The quantitative estimate of drug-likeness (QED) is 0.669. The molecule has 0 fully saturated rings. The molecular weight excluding hydrogens is 172 g/mol. The molecule has 1 rings (SSSR count). The van der Waals surface area contributed by atoms with Crippen LogP contribution in [0.15, 0.2) is 6.07 Å². The summed E-state index contributed by atoms with van der Waals surface area (Å²) in [6.07, 6.45) is -0.643. The highest BCUT2D eigenvalue weighted by Crippen LogP contribution is 2.12. The van der Waals surface area contributed by atoms with Gasteiger partial charge < -0.3 is 9.84 Å². The molecule has 0 aliphatic rings. The van der Waals surface area contributed by atoms with Crippen LogP contribution in [-0.2, 0) is 11.8 Å². The number of hydrogen-bond acceptors (Lipinski definition) is 4. The van der Waals surface area contributed by atoms with E-state index in [1.165, 1.54) is 17.9 Å². The fraction of sp³-hybridized carbons (Fsp3) is 0.500. The molecule has 0 unspecified atom stereocenters. The largest absolute Gasteiger partial charge is 0.464 e. The van der Waals surface area contributed by atoms with Crippen LogP contribution in [0, 0.1) is 0 Å². The van der Waals surface area contributed by atoms with Gasteiger partial charge in [0.1, 0.15) is 0 Å². The summed E-state index contributed by atoms with van der Waals surface area (Å²) in [5.41, 5.74) is 0.793. The zero-order chi connectivity index (χ0) is 10.0. The number of nitrogens with zero attached hydrogens (tertiary/aromatic N) is 2. The Morgan fingerprint density at radius 2 is 2.38 bits per heavy atom. The van der Waals surface area contributed by atoms with Gasteiger partial charge in [-0.2, -0.15) is 5.10 Å². The van der Waals surface area contributed by atoms with E-state index < -0.39 is 12.1 Å². The maximum absolute atomic E-state index is 11.0. The van der Waals surface area contributed by atoms with Crippen LogP contribution in [0.4, 0.5) is 0 Å². The first-order chi connectivity index (χ1) is 6.06. The van der Waals surface area contributed by atoms with Crippen molar-refractivity contribution in [2.75, 3.05) is 7.11 Å². The third-order valence-electron chi connectivity index (χ3n) is 1.74. The number of carbonyl (C=O) groups is 1. The van der Waals surface area contributed by atoms with Crippen LogP contribution in [-0.4, -0.2) is 28.0 Å². The second-order valence-electron chi connectivity index (χ2n) is 2.75. The predicted octanol–water partition coefficient (Wildman–Crippen LogP) is 0.260. The van der Waals surface area contributed by atoms with Gasteiger partial charge in [0.25, 0.3) is 0 Å². The summed E-state index contributed by atoms with van der Waals surface area (Å²) in [6.45, 7) is 1.61. The molecule has 1 N–H and O–H groups in total. The summed E-state index contributed by atoms with van der Waals surface area (Å²) in [4.78, 5) is 11.0. The second-order valence-corrected chi connectivity index (χ2v) is 2.75. The van der Waals surface area contributed by atoms with E-state index in [0.29, 0.717) is 5.69 Å². The van der Waals surface area contributed by atoms with Gasteiger partial charge >= 0.3 is 5.97 Å². The Bertz CT molecular complexity index is 317. The third kappa shape index (κ3) is 1.86. The summed E-state index contributed by atoms with van der Waals surface area (Å²) >= 11 is 0. The van der Waals surface area contributed by atoms with Gasteiger partial charge in [0, 0.05) is 7.05 Å². The summed E-state index contributed by atoms with van der Waals surface area (Å²) in [7, 11) is 2.95. The maximum Gasteiger partial charge on any atom is 0.358 e. The summed E-state index contributed by atoms with van der Waals surface area (Å²) < 4.78 is 5.94. The first-order valence-electron chi connectivity index (χ1n) is 3.86. The van der Waals surface area contributed by atoms with Crippen molar-refractivity contribution < 1.29 is 14.6 Å². The Morgan fingerprint density at radius 3 is 2.77 bits per heavy atom. The number of aryl methyl sites for hydroxylation is 1. The molecule has 0 aromatic carbocycles. The molecule has 0 amide bonds. The van der Waals surface area contributed by atoms with Crippen molar-refractivity contribution in [1.82, 2.24) is 9.78 Å². The Labute approximate surface area is 75.9 Å². The molecule has 1 aromatic rings. The van der Waals surface area contributed by atoms with Gasteiger partial charge in [-0.1, -0.05) is 0 Å². The van der Waals surface area contributed by atoms with Gasteiger partial charge in [0.05, 0.1) is 18.9 Å². The predicted molar refractivity (Wildman–Crippen MR) is 45.2 cm³/mol. The van der Waals surface area contributed by atoms with E-state index in [9.17, 15) is 9.90 Å². The molecule has 1 heterocycles. The number of esters is 1. The van der Waals surface area contributed by atoms with E-state index in [1.54, 1.807) is 14.0 Å². The summed E-state index contributed by atoms with van der Waals surface area (Å²) in [6, 6.07) is 1.51. The number of hydrogen-bond donors (Lipinski definition) is 1. The summed E-state index contributed by atoms with van der Waals surface area (Å²) in [5.74, 6) is -0.498. The fourth-order valence-electron chi connectivity index (χ4n) is 1.08. The molecule has 0 spiro atoms. The Morgan fingerprint density at radius 1 is 1.77 bits per heavy atom. The van der Waals surface area contributed by atoms with Gasteiger partial charge in [-0.25, -0.2) is 4.79 Å². The van der Waals surface area contributed by atoms with Crippen LogP contribution in [0.5, 0.6) is 0 Å². The van der Waals surface area contributed by atoms with E-state index in [2.05, 4.69) is 9.84 Å². The number of ether oxygens (including phenoxy) is 1. The van der Waals surface area contributed by atoms with Crippen molar-refractivity contribution in [3.05, 3.63) is 17.5 Å². The molecule has 0 aliphatic heterocycles. The first kappa shape index (κ1) is 9.73. The van der Waals surface area contributed by atoms with E-state index in [0.717, 1.165) is 0 Å². The minimum Gasteiger partial charge on any atom is -0.464 e. The van der Waals surface area contributed by atoms with Crippen molar-refractivity contribution in [3.8, 4) is 0 Å². The molecule has 0 saturated carbocycles. The second kappa shape index (κ2) is 3.57. The average molecular weight is 184 g/mol. The molecule has 1 atom stereocenters. The summed E-state index contributed by atoms with van der Waals surface area (Å²) in [5, 5.41) is 13.1. The number of rotatable bonds is 2. The highest BCUT2D eigenvalue weighted by atomic mass is 16.5. The number of methoxy groups -OCH3 is 1. The standard InChI is InChI=1S/C8H12N2O3/c1-5(11)7-4-6(8(12)13-3)9-10(7)2/h4-5,11H,1-3H3/t5-/m1/s1. The molecule has 5 nitrogen and oxygen atoms in total. The minimum absolute atomic E-state index is 0.209. The SMILES string of the molecule is COC(=O)c1cc([C@@H](C)O)n(C)n1. The number of aromatic nitrogens is 2. The zero-order valence-corrected chi connectivity index (χ0v) is 7.81. The van der Waals surface area contributed by atoms with Crippen molar-refractivity contribution in [2.24, 2.45) is 7.05 Å². The van der Waals surface area contributed by atoms with E-state index in [4.69, 9.17) is 0 Å². The molecular formula is C8H12N2O3. The Kier molecular flexibility index (Phi) is 2.67. The van der Waals surface area contributed by atoms with Gasteiger partial charge in [-0.15, -0.1) is 0 Å². The maximum atomic E-state index is 11.0. The zero-order valence-electron chi connectivity index (χ0n) is 7.81. The van der Waals surface area contributed by atoms with Crippen molar-refractivity contribution in [3.63, 3.8) is 0 Å². The van der Waals surface area contributed by atoms with Crippen LogP contribution >= 0.6 is 0 Å². The van der Waals surface area contributed by atoms with E-state index in [1.807, 2.05) is 0 Å². The number of aliphatic hydroxyl groups is 1. The first-order valence-corrected chi connectivity index (χ1v) is 3.86. The lowest BCUT2D eigenvalue weighted by molar-refractivity contribution is 0.0593. The van der Waals surface area contributed by atoms with Gasteiger partial charge in [-0.05, 0) is 13.0 Å². The molecule has 5 heteroatoms. The molecule has 72 valence electrons. The lowest BCUT2D eigenvalue weighted by Gasteiger charge is -2.01. The molecule has 13 heavy (non-hydrogen) atoms. The molecule has 1 aromatic heterocycles. The van der Waals surface area contributed by atoms with E-state index in [-0.39, 0.29) is 5.69 Å². The Hall–Kier alpha value is -1.36. The average Bonchev–Trinajstić information content (AvgIpc) is 2.46. The molecule has 0 radical (unpaired) electrons. The fourth-order valence-corrected chi connectivity index (χ4v) is 1.08. The molecule has 0 bridgehead atoms. The van der Waals surface area contributed by atoms with Crippen LogP contribution in [0.3, 0.4) is 0 Å². The normalized spacial score (nSPS) is 12.6. The van der Waals surface area contributed by atoms with Crippen LogP contribution in [0.25, 0.3) is 0 Å². The number of aliphatic hydroxyl groups excluding tert-OH is 1. The van der Waals surface area contributed by atoms with E-state index >= 15 is 0 Å². The topological polar surface area (TPSA) is 64.3 Å². The van der Waals surface area contributed by atoms with Gasteiger partial charge in [0.2, 0.25) is 0 Å². The lowest BCUT2D eigenvalue weighted by Crippen LogP contribution is -2.03. The third-order valence-corrected chi connectivity index (χ3v) is 1.74. The van der Waals surface area contributed by atoms with Gasteiger partial charge in [0.15, 0.2) is 5.69 Å². The molecule has 0 saturated heterocycles. The van der Waals surface area contributed by atoms with Crippen molar-refractivity contribution in [1.29, 1.82) is 0 Å².